The maximum absolute atomic E-state index is 13.2. The van der Waals surface area contributed by atoms with Gasteiger partial charge in [0.25, 0.3) is 5.91 Å². The summed E-state index contributed by atoms with van der Waals surface area (Å²) < 4.78 is 1.45. The molecule has 8 heteroatoms. The van der Waals surface area contributed by atoms with E-state index < -0.39 is 0 Å². The maximum atomic E-state index is 13.2. The first kappa shape index (κ1) is 19.0. The smallest absolute Gasteiger partial charge is 0.319 e. The highest BCUT2D eigenvalue weighted by molar-refractivity contribution is 5.97. The average molecular weight is 370 g/mol. The maximum Gasteiger partial charge on any atom is 0.319 e. The van der Waals surface area contributed by atoms with Crippen molar-refractivity contribution < 1.29 is 9.59 Å². The number of nitrogens with two attached hydrogens (primary N) is 1. The van der Waals surface area contributed by atoms with Crippen LogP contribution in [0.3, 0.4) is 0 Å². The van der Waals surface area contributed by atoms with Crippen LogP contribution in [0.5, 0.6) is 0 Å². The number of pyridine rings is 1. The van der Waals surface area contributed by atoms with E-state index in [1.807, 2.05) is 13.8 Å². The van der Waals surface area contributed by atoms with Crippen molar-refractivity contribution in [3.63, 3.8) is 0 Å². The van der Waals surface area contributed by atoms with Crippen molar-refractivity contribution in [3.05, 3.63) is 46.0 Å². The summed E-state index contributed by atoms with van der Waals surface area (Å²) >= 11 is 0. The molecule has 0 saturated heterocycles. The van der Waals surface area contributed by atoms with Crippen LogP contribution in [-0.4, -0.2) is 63.7 Å². The summed E-state index contributed by atoms with van der Waals surface area (Å²) in [5.41, 5.74) is 10.8. The lowest BCUT2D eigenvalue weighted by Crippen LogP contribution is -2.42. The fraction of sp³-hybridized carbons (Fsp3) is 0.474. The monoisotopic (exact) mass is 370 g/mol. The van der Waals surface area contributed by atoms with Gasteiger partial charge in [-0.3, -0.25) is 9.78 Å². The number of hydrogen-bond donors (Lipinski definition) is 1. The van der Waals surface area contributed by atoms with E-state index in [2.05, 4.69) is 10.1 Å². The van der Waals surface area contributed by atoms with Gasteiger partial charge in [-0.2, -0.15) is 5.10 Å². The lowest BCUT2D eigenvalue weighted by atomic mass is 9.97. The Bertz CT molecular complexity index is 887. The molecule has 1 aliphatic heterocycles. The van der Waals surface area contributed by atoms with Gasteiger partial charge in [-0.25, -0.2) is 9.48 Å². The van der Waals surface area contributed by atoms with Gasteiger partial charge in [-0.05, 0) is 49.9 Å². The van der Waals surface area contributed by atoms with Gasteiger partial charge >= 0.3 is 6.03 Å². The summed E-state index contributed by atoms with van der Waals surface area (Å²) in [6.45, 7) is 5.33. The third kappa shape index (κ3) is 3.44. The number of fused-ring (bicyclic) bond motifs is 1. The van der Waals surface area contributed by atoms with Gasteiger partial charge in [0, 0.05) is 45.3 Å². The van der Waals surface area contributed by atoms with Gasteiger partial charge < -0.3 is 15.5 Å². The zero-order valence-electron chi connectivity index (χ0n) is 16.3. The minimum Gasteiger partial charge on any atom is -0.331 e. The molecule has 1 aliphatic rings. The first-order chi connectivity index (χ1) is 12.8. The largest absolute Gasteiger partial charge is 0.331 e. The molecule has 0 unspecified atom stereocenters. The number of urea groups is 1. The Balaban J connectivity index is 1.94. The fourth-order valence-electron chi connectivity index (χ4n) is 3.62. The van der Waals surface area contributed by atoms with Crippen LogP contribution in [0.2, 0.25) is 0 Å². The third-order valence-corrected chi connectivity index (χ3v) is 5.05. The van der Waals surface area contributed by atoms with Crippen molar-refractivity contribution in [2.75, 3.05) is 27.2 Å². The summed E-state index contributed by atoms with van der Waals surface area (Å²) in [5, 5.41) is 4.43. The molecule has 0 saturated carbocycles. The molecule has 2 aromatic heterocycles. The summed E-state index contributed by atoms with van der Waals surface area (Å²) in [4.78, 5) is 33.0. The van der Waals surface area contributed by atoms with Crippen LogP contribution in [0.4, 0.5) is 4.79 Å². The number of aromatic nitrogens is 3. The lowest BCUT2D eigenvalue weighted by Gasteiger charge is -2.31. The van der Waals surface area contributed by atoms with E-state index in [0.717, 1.165) is 28.1 Å². The van der Waals surface area contributed by atoms with E-state index in [9.17, 15) is 9.59 Å². The zero-order chi connectivity index (χ0) is 19.7. The summed E-state index contributed by atoms with van der Waals surface area (Å²) in [7, 11) is 3.47. The molecule has 144 valence electrons. The van der Waals surface area contributed by atoms with E-state index in [4.69, 9.17) is 5.73 Å². The van der Waals surface area contributed by atoms with Crippen LogP contribution in [0.25, 0.3) is 0 Å². The Morgan fingerprint density at radius 3 is 2.67 bits per heavy atom. The molecule has 27 heavy (non-hydrogen) atoms. The average Bonchev–Trinajstić information content (AvgIpc) is 2.94. The Hall–Kier alpha value is -2.74. The van der Waals surface area contributed by atoms with Crippen LogP contribution in [0, 0.1) is 13.8 Å². The molecule has 0 aromatic carbocycles. The summed E-state index contributed by atoms with van der Waals surface area (Å²) in [5.74, 6) is -0.185. The molecule has 3 heterocycles. The molecular formula is C19H26N6O2. The molecule has 0 spiro atoms. The van der Waals surface area contributed by atoms with E-state index >= 15 is 0 Å². The van der Waals surface area contributed by atoms with Crippen LogP contribution in [0.1, 0.15) is 38.4 Å². The van der Waals surface area contributed by atoms with Gasteiger partial charge in [0.1, 0.15) is 0 Å². The minimum absolute atomic E-state index is 0.0395. The lowest BCUT2D eigenvalue weighted by molar-refractivity contribution is 0.0940. The number of amides is 2. The molecule has 2 amide bonds. The van der Waals surface area contributed by atoms with Gasteiger partial charge in [0.05, 0.1) is 11.3 Å². The molecule has 0 bridgehead atoms. The Kier molecular flexibility index (Phi) is 5.27. The fourth-order valence-corrected chi connectivity index (χ4v) is 3.62. The second kappa shape index (κ2) is 7.48. The normalized spacial score (nSPS) is 13.4. The topological polar surface area (TPSA) is 97.3 Å². The van der Waals surface area contributed by atoms with Crippen molar-refractivity contribution in [2.24, 2.45) is 5.73 Å². The van der Waals surface area contributed by atoms with Crippen LogP contribution >= 0.6 is 0 Å². The second-order valence-electron chi connectivity index (χ2n) is 7.08. The molecule has 0 atom stereocenters. The SMILES string of the molecule is Cc1nn(C(=O)c2cncc3c2CCN(C(=O)N(C)C)C3)c(C)c1CCN. The molecule has 3 rings (SSSR count). The third-order valence-electron chi connectivity index (χ3n) is 5.05. The number of carbonyl (C=O) groups excluding carboxylic acids is 2. The predicted molar refractivity (Wildman–Crippen MR) is 102 cm³/mol. The van der Waals surface area contributed by atoms with Crippen LogP contribution in [0.15, 0.2) is 12.4 Å². The molecule has 0 fully saturated rings. The standard InChI is InChI=1S/C19H26N6O2/c1-12-15(5-7-20)13(2)25(22-12)18(26)17-10-21-9-14-11-24(8-6-16(14)17)19(27)23(3)4/h9-10H,5-8,11,20H2,1-4H3. The molecule has 2 N–H and O–H groups in total. The number of hydrogen-bond acceptors (Lipinski definition) is 5. The molecule has 0 radical (unpaired) electrons. The van der Waals surface area contributed by atoms with E-state index in [1.54, 1.807) is 36.3 Å². The number of carbonyl (C=O) groups is 2. The summed E-state index contributed by atoms with van der Waals surface area (Å²) in [6.07, 6.45) is 4.65. The molecule has 2 aromatic rings. The van der Waals surface area contributed by atoms with Gasteiger partial charge in [-0.15, -0.1) is 0 Å². The van der Waals surface area contributed by atoms with Gasteiger partial charge in [-0.1, -0.05) is 0 Å². The number of aryl methyl sites for hydroxylation is 1. The van der Waals surface area contributed by atoms with Gasteiger partial charge in [0.2, 0.25) is 0 Å². The van der Waals surface area contributed by atoms with E-state index in [1.165, 1.54) is 4.68 Å². The van der Waals surface area contributed by atoms with Crippen molar-refractivity contribution in [3.8, 4) is 0 Å². The highest BCUT2D eigenvalue weighted by Gasteiger charge is 2.27. The Labute approximate surface area is 159 Å². The van der Waals surface area contributed by atoms with Crippen molar-refractivity contribution >= 4 is 11.9 Å². The van der Waals surface area contributed by atoms with Crippen molar-refractivity contribution in [1.29, 1.82) is 0 Å². The van der Waals surface area contributed by atoms with Crippen molar-refractivity contribution in [1.82, 2.24) is 24.6 Å². The first-order valence-corrected chi connectivity index (χ1v) is 9.07. The number of rotatable bonds is 3. The zero-order valence-corrected chi connectivity index (χ0v) is 16.3. The second-order valence-corrected chi connectivity index (χ2v) is 7.08. The molecule has 8 nitrogen and oxygen atoms in total. The Morgan fingerprint density at radius 1 is 1.26 bits per heavy atom. The quantitative estimate of drug-likeness (QED) is 0.873. The minimum atomic E-state index is -0.185. The van der Waals surface area contributed by atoms with E-state index in [0.29, 0.717) is 38.0 Å². The highest BCUT2D eigenvalue weighted by atomic mass is 16.2. The summed E-state index contributed by atoms with van der Waals surface area (Å²) in [6, 6.07) is -0.0395. The van der Waals surface area contributed by atoms with Crippen LogP contribution < -0.4 is 5.73 Å². The predicted octanol–water partition coefficient (Wildman–Crippen LogP) is 1.12. The van der Waals surface area contributed by atoms with Crippen LogP contribution in [-0.2, 0) is 19.4 Å². The highest BCUT2D eigenvalue weighted by Crippen LogP contribution is 2.24. The molecular weight excluding hydrogens is 344 g/mol. The van der Waals surface area contributed by atoms with E-state index in [-0.39, 0.29) is 11.9 Å². The number of nitrogens with zero attached hydrogens (tertiary/aromatic N) is 5. The van der Waals surface area contributed by atoms with Crippen molar-refractivity contribution in [2.45, 2.75) is 33.2 Å². The molecule has 0 aliphatic carbocycles. The van der Waals surface area contributed by atoms with Gasteiger partial charge in [0.15, 0.2) is 0 Å². The first-order valence-electron chi connectivity index (χ1n) is 9.07. The Morgan fingerprint density at radius 2 is 2.00 bits per heavy atom.